The SMILES string of the molecule is CNc1nc2cc(Br)ccc2o1. The molecule has 1 N–H and O–H groups in total. The number of hydrogen-bond acceptors (Lipinski definition) is 3. The van der Waals surface area contributed by atoms with Gasteiger partial charge in [0, 0.05) is 11.5 Å². The molecule has 1 aromatic carbocycles. The van der Waals surface area contributed by atoms with E-state index < -0.39 is 0 Å². The van der Waals surface area contributed by atoms with Crippen LogP contribution in [0.25, 0.3) is 11.1 Å². The average molecular weight is 227 g/mol. The Bertz CT molecular complexity index is 410. The maximum Gasteiger partial charge on any atom is 0.295 e. The molecule has 1 aromatic heterocycles. The Morgan fingerprint density at radius 2 is 2.33 bits per heavy atom. The van der Waals surface area contributed by atoms with Gasteiger partial charge in [0.05, 0.1) is 0 Å². The Hall–Kier alpha value is -1.03. The normalized spacial score (nSPS) is 10.5. The highest BCUT2D eigenvalue weighted by atomic mass is 79.9. The molecule has 0 spiro atoms. The van der Waals surface area contributed by atoms with Gasteiger partial charge in [0.1, 0.15) is 5.52 Å². The van der Waals surface area contributed by atoms with E-state index in [4.69, 9.17) is 4.42 Å². The molecule has 2 rings (SSSR count). The summed E-state index contributed by atoms with van der Waals surface area (Å²) in [6.07, 6.45) is 0. The fourth-order valence-corrected chi connectivity index (χ4v) is 1.36. The second-order valence-corrected chi connectivity index (χ2v) is 3.30. The minimum absolute atomic E-state index is 0.545. The van der Waals surface area contributed by atoms with Gasteiger partial charge in [0.15, 0.2) is 5.58 Å². The molecule has 0 aliphatic rings. The number of halogens is 1. The lowest BCUT2D eigenvalue weighted by Crippen LogP contribution is -1.85. The number of anilines is 1. The molecule has 0 fully saturated rings. The summed E-state index contributed by atoms with van der Waals surface area (Å²) in [4.78, 5) is 4.18. The summed E-state index contributed by atoms with van der Waals surface area (Å²) in [5.41, 5.74) is 1.65. The first-order valence-electron chi connectivity index (χ1n) is 3.53. The van der Waals surface area contributed by atoms with E-state index >= 15 is 0 Å². The molecule has 3 nitrogen and oxygen atoms in total. The Labute approximate surface area is 77.9 Å². The van der Waals surface area contributed by atoms with Gasteiger partial charge in [-0.3, -0.25) is 0 Å². The monoisotopic (exact) mass is 226 g/mol. The van der Waals surface area contributed by atoms with Crippen LogP contribution in [0.1, 0.15) is 0 Å². The zero-order valence-corrected chi connectivity index (χ0v) is 8.05. The van der Waals surface area contributed by atoms with E-state index in [1.807, 2.05) is 18.2 Å². The van der Waals surface area contributed by atoms with Crippen molar-refractivity contribution in [3.8, 4) is 0 Å². The summed E-state index contributed by atoms with van der Waals surface area (Å²) in [5.74, 6) is 0. The minimum atomic E-state index is 0.545. The summed E-state index contributed by atoms with van der Waals surface area (Å²) in [5, 5.41) is 2.84. The van der Waals surface area contributed by atoms with E-state index in [0.29, 0.717) is 6.01 Å². The van der Waals surface area contributed by atoms with Crippen LogP contribution >= 0.6 is 15.9 Å². The third kappa shape index (κ3) is 1.18. The lowest BCUT2D eigenvalue weighted by Gasteiger charge is -1.86. The highest BCUT2D eigenvalue weighted by Gasteiger charge is 2.02. The number of nitrogens with zero attached hydrogens (tertiary/aromatic N) is 1. The summed E-state index contributed by atoms with van der Waals surface area (Å²) >= 11 is 3.36. The van der Waals surface area contributed by atoms with Crippen molar-refractivity contribution in [3.05, 3.63) is 22.7 Å². The molecule has 0 atom stereocenters. The second kappa shape index (κ2) is 2.79. The number of benzene rings is 1. The van der Waals surface area contributed by atoms with Crippen molar-refractivity contribution in [2.45, 2.75) is 0 Å². The number of hydrogen-bond donors (Lipinski definition) is 1. The Kier molecular flexibility index (Phi) is 1.77. The van der Waals surface area contributed by atoms with E-state index in [-0.39, 0.29) is 0 Å². The van der Waals surface area contributed by atoms with Crippen molar-refractivity contribution in [1.82, 2.24) is 4.98 Å². The first kappa shape index (κ1) is 7.61. The summed E-state index contributed by atoms with van der Waals surface area (Å²) in [7, 11) is 1.78. The van der Waals surface area contributed by atoms with Crippen LogP contribution in [0, 0.1) is 0 Å². The van der Waals surface area contributed by atoms with E-state index in [1.165, 1.54) is 0 Å². The predicted octanol–water partition coefficient (Wildman–Crippen LogP) is 2.63. The molecule has 0 aliphatic heterocycles. The van der Waals surface area contributed by atoms with Crippen molar-refractivity contribution in [1.29, 1.82) is 0 Å². The first-order chi connectivity index (χ1) is 5.79. The largest absolute Gasteiger partial charge is 0.424 e. The minimum Gasteiger partial charge on any atom is -0.424 e. The fourth-order valence-electron chi connectivity index (χ4n) is 1.01. The summed E-state index contributed by atoms with van der Waals surface area (Å²) in [6, 6.07) is 6.27. The van der Waals surface area contributed by atoms with Crippen LogP contribution in [0.2, 0.25) is 0 Å². The topological polar surface area (TPSA) is 38.1 Å². The summed E-state index contributed by atoms with van der Waals surface area (Å²) < 4.78 is 6.33. The number of fused-ring (bicyclic) bond motifs is 1. The lowest BCUT2D eigenvalue weighted by atomic mass is 10.3. The van der Waals surface area contributed by atoms with Gasteiger partial charge >= 0.3 is 0 Å². The molecule has 0 amide bonds. The van der Waals surface area contributed by atoms with Crippen LogP contribution in [0.4, 0.5) is 6.01 Å². The molecule has 2 aromatic rings. The van der Waals surface area contributed by atoms with Crippen LogP contribution in [0.3, 0.4) is 0 Å². The van der Waals surface area contributed by atoms with Gasteiger partial charge < -0.3 is 9.73 Å². The van der Waals surface area contributed by atoms with Gasteiger partial charge in [0.2, 0.25) is 0 Å². The lowest BCUT2D eigenvalue weighted by molar-refractivity contribution is 0.620. The number of aromatic nitrogens is 1. The molecule has 0 radical (unpaired) electrons. The molecular weight excluding hydrogens is 220 g/mol. The third-order valence-corrected chi connectivity index (χ3v) is 2.06. The van der Waals surface area contributed by atoms with Crippen LogP contribution in [0.5, 0.6) is 0 Å². The Morgan fingerprint density at radius 3 is 3.08 bits per heavy atom. The zero-order valence-electron chi connectivity index (χ0n) is 6.47. The Balaban J connectivity index is 2.67. The van der Waals surface area contributed by atoms with E-state index in [0.717, 1.165) is 15.6 Å². The van der Waals surface area contributed by atoms with Crippen molar-refractivity contribution in [2.75, 3.05) is 12.4 Å². The second-order valence-electron chi connectivity index (χ2n) is 2.38. The molecule has 0 aliphatic carbocycles. The van der Waals surface area contributed by atoms with E-state index in [9.17, 15) is 0 Å². The van der Waals surface area contributed by atoms with Crippen LogP contribution in [-0.4, -0.2) is 12.0 Å². The molecule has 1 heterocycles. The molecule has 0 saturated carbocycles. The van der Waals surface area contributed by atoms with Crippen molar-refractivity contribution >= 4 is 33.0 Å². The number of nitrogens with one attached hydrogen (secondary N) is 1. The maximum absolute atomic E-state index is 5.33. The molecule has 12 heavy (non-hydrogen) atoms. The first-order valence-corrected chi connectivity index (χ1v) is 4.33. The van der Waals surface area contributed by atoms with Gasteiger partial charge in [-0.25, -0.2) is 0 Å². The molecule has 0 bridgehead atoms. The molecule has 0 unspecified atom stereocenters. The van der Waals surface area contributed by atoms with Crippen LogP contribution in [-0.2, 0) is 0 Å². The molecular formula is C8H7BrN2O. The quantitative estimate of drug-likeness (QED) is 0.813. The maximum atomic E-state index is 5.33. The van der Waals surface area contributed by atoms with Gasteiger partial charge in [-0.05, 0) is 18.2 Å². The van der Waals surface area contributed by atoms with Crippen LogP contribution < -0.4 is 5.32 Å². The average Bonchev–Trinajstić information content (AvgIpc) is 2.46. The van der Waals surface area contributed by atoms with Gasteiger partial charge in [-0.15, -0.1) is 0 Å². The van der Waals surface area contributed by atoms with E-state index in [1.54, 1.807) is 7.05 Å². The summed E-state index contributed by atoms with van der Waals surface area (Å²) in [6.45, 7) is 0. The van der Waals surface area contributed by atoms with E-state index in [2.05, 4.69) is 26.2 Å². The van der Waals surface area contributed by atoms with Gasteiger partial charge in [0.25, 0.3) is 6.01 Å². The van der Waals surface area contributed by atoms with Crippen LogP contribution in [0.15, 0.2) is 27.1 Å². The predicted molar refractivity (Wildman–Crippen MR) is 51.3 cm³/mol. The van der Waals surface area contributed by atoms with Crippen molar-refractivity contribution in [2.24, 2.45) is 0 Å². The third-order valence-electron chi connectivity index (χ3n) is 1.56. The molecule has 62 valence electrons. The molecule has 0 saturated heterocycles. The van der Waals surface area contributed by atoms with Gasteiger partial charge in [-0.2, -0.15) is 4.98 Å². The van der Waals surface area contributed by atoms with Crippen molar-refractivity contribution in [3.63, 3.8) is 0 Å². The standard InChI is InChI=1S/C8H7BrN2O/c1-10-8-11-6-4-5(9)2-3-7(6)12-8/h2-4H,1H3,(H,10,11). The molecule has 4 heteroatoms. The van der Waals surface area contributed by atoms with Crippen molar-refractivity contribution < 1.29 is 4.42 Å². The van der Waals surface area contributed by atoms with Gasteiger partial charge in [-0.1, -0.05) is 15.9 Å². The highest BCUT2D eigenvalue weighted by Crippen LogP contribution is 2.21. The fraction of sp³-hybridized carbons (Fsp3) is 0.125. The highest BCUT2D eigenvalue weighted by molar-refractivity contribution is 9.10. The number of oxazole rings is 1. The smallest absolute Gasteiger partial charge is 0.295 e. The Morgan fingerprint density at radius 1 is 1.50 bits per heavy atom. The number of rotatable bonds is 1. The zero-order chi connectivity index (χ0) is 8.55.